The van der Waals surface area contributed by atoms with E-state index in [4.69, 9.17) is 4.74 Å². The summed E-state index contributed by atoms with van der Waals surface area (Å²) in [5, 5.41) is 12.1. The smallest absolute Gasteiger partial charge is 0.255 e. The van der Waals surface area contributed by atoms with Gasteiger partial charge in [-0.2, -0.15) is 0 Å². The fourth-order valence-corrected chi connectivity index (χ4v) is 1.90. The lowest BCUT2D eigenvalue weighted by atomic mass is 10.1. The highest BCUT2D eigenvalue weighted by Crippen LogP contribution is 2.17. The maximum absolute atomic E-state index is 12.2. The predicted octanol–water partition coefficient (Wildman–Crippen LogP) is 3.22. The van der Waals surface area contributed by atoms with Crippen molar-refractivity contribution in [2.45, 2.75) is 20.0 Å². The fourth-order valence-electron chi connectivity index (χ4n) is 1.90. The van der Waals surface area contributed by atoms with E-state index in [0.717, 1.165) is 12.2 Å². The van der Waals surface area contributed by atoms with Crippen LogP contribution in [0.2, 0.25) is 0 Å². The van der Waals surface area contributed by atoms with Gasteiger partial charge in [-0.25, -0.2) is 0 Å². The van der Waals surface area contributed by atoms with Crippen molar-refractivity contribution in [3.05, 3.63) is 59.7 Å². The summed E-state index contributed by atoms with van der Waals surface area (Å²) in [6.07, 6.45) is 0.945. The third-order valence-corrected chi connectivity index (χ3v) is 3.03. The Kier molecular flexibility index (Phi) is 5.35. The average Bonchev–Trinajstić information content (AvgIpc) is 2.54. The number of ether oxygens (including phenoxy) is 1. The van der Waals surface area contributed by atoms with Gasteiger partial charge in [0, 0.05) is 16.8 Å². The number of aliphatic hydroxyl groups excluding tert-OH is 1. The first kappa shape index (κ1) is 15.1. The van der Waals surface area contributed by atoms with Crippen LogP contribution in [0.15, 0.2) is 48.5 Å². The molecule has 0 atom stereocenters. The molecule has 4 heteroatoms. The number of rotatable bonds is 6. The van der Waals surface area contributed by atoms with E-state index in [1.165, 1.54) is 0 Å². The highest BCUT2D eigenvalue weighted by molar-refractivity contribution is 6.04. The molecule has 0 saturated heterocycles. The average molecular weight is 285 g/mol. The van der Waals surface area contributed by atoms with Crippen molar-refractivity contribution in [3.63, 3.8) is 0 Å². The topological polar surface area (TPSA) is 58.6 Å². The molecule has 4 nitrogen and oxygen atoms in total. The van der Waals surface area contributed by atoms with Crippen molar-refractivity contribution in [2.75, 3.05) is 11.9 Å². The quantitative estimate of drug-likeness (QED) is 0.856. The van der Waals surface area contributed by atoms with Gasteiger partial charge in [-0.15, -0.1) is 0 Å². The van der Waals surface area contributed by atoms with Crippen LogP contribution >= 0.6 is 0 Å². The number of aliphatic hydroxyl groups is 1. The molecule has 2 rings (SSSR count). The number of nitrogens with one attached hydrogen (secondary N) is 1. The predicted molar refractivity (Wildman–Crippen MR) is 82.5 cm³/mol. The molecule has 0 bridgehead atoms. The van der Waals surface area contributed by atoms with Crippen LogP contribution in [0.5, 0.6) is 5.75 Å². The Morgan fingerprint density at radius 1 is 1.14 bits per heavy atom. The third-order valence-electron chi connectivity index (χ3n) is 3.03. The minimum absolute atomic E-state index is 0.111. The van der Waals surface area contributed by atoms with Crippen LogP contribution in [0.4, 0.5) is 5.69 Å². The summed E-state index contributed by atoms with van der Waals surface area (Å²) in [7, 11) is 0. The number of amides is 1. The molecule has 0 heterocycles. The Morgan fingerprint density at radius 2 is 1.86 bits per heavy atom. The van der Waals surface area contributed by atoms with Crippen LogP contribution in [0, 0.1) is 0 Å². The highest BCUT2D eigenvalue weighted by atomic mass is 16.5. The van der Waals surface area contributed by atoms with E-state index in [2.05, 4.69) is 5.32 Å². The van der Waals surface area contributed by atoms with Crippen LogP contribution in [-0.2, 0) is 6.61 Å². The second-order valence-corrected chi connectivity index (χ2v) is 4.64. The number of benzene rings is 2. The fraction of sp³-hybridized carbons (Fsp3) is 0.235. The van der Waals surface area contributed by atoms with Crippen LogP contribution in [-0.4, -0.2) is 17.6 Å². The molecule has 0 aromatic heterocycles. The number of carbonyl (C=O) groups excluding carboxylic acids is 1. The zero-order valence-corrected chi connectivity index (χ0v) is 12.0. The van der Waals surface area contributed by atoms with E-state index in [9.17, 15) is 9.90 Å². The molecule has 0 aliphatic rings. The van der Waals surface area contributed by atoms with Crippen molar-refractivity contribution in [1.29, 1.82) is 0 Å². The van der Waals surface area contributed by atoms with Gasteiger partial charge >= 0.3 is 0 Å². The number of para-hydroxylation sites is 1. The SMILES string of the molecule is CCCOc1ccc(C(=O)Nc2ccccc2CO)cc1. The molecular formula is C17H19NO3. The van der Waals surface area contributed by atoms with Crippen LogP contribution in [0.1, 0.15) is 29.3 Å². The first-order valence-corrected chi connectivity index (χ1v) is 6.97. The summed E-state index contributed by atoms with van der Waals surface area (Å²) >= 11 is 0. The first-order valence-electron chi connectivity index (χ1n) is 6.97. The molecule has 1 amide bonds. The van der Waals surface area contributed by atoms with Gasteiger partial charge in [-0.3, -0.25) is 4.79 Å². The monoisotopic (exact) mass is 285 g/mol. The van der Waals surface area contributed by atoms with Gasteiger partial charge in [0.2, 0.25) is 0 Å². The molecule has 0 saturated carbocycles. The van der Waals surface area contributed by atoms with E-state index in [-0.39, 0.29) is 12.5 Å². The largest absolute Gasteiger partial charge is 0.494 e. The van der Waals surface area contributed by atoms with Crippen LogP contribution < -0.4 is 10.1 Å². The molecule has 2 aromatic carbocycles. The zero-order chi connectivity index (χ0) is 15.1. The molecule has 110 valence electrons. The second kappa shape index (κ2) is 7.45. The maximum atomic E-state index is 12.2. The lowest BCUT2D eigenvalue weighted by molar-refractivity contribution is 0.102. The molecular weight excluding hydrogens is 266 g/mol. The summed E-state index contributed by atoms with van der Waals surface area (Å²) in [4.78, 5) is 12.2. The lowest BCUT2D eigenvalue weighted by Crippen LogP contribution is -2.13. The van der Waals surface area contributed by atoms with E-state index < -0.39 is 0 Å². The minimum atomic E-state index is -0.210. The zero-order valence-electron chi connectivity index (χ0n) is 12.0. The molecule has 0 fully saturated rings. The molecule has 0 aliphatic heterocycles. The Balaban J connectivity index is 2.06. The van der Waals surface area contributed by atoms with E-state index in [1.807, 2.05) is 19.1 Å². The summed E-state index contributed by atoms with van der Waals surface area (Å²) in [5.74, 6) is 0.544. The summed E-state index contributed by atoms with van der Waals surface area (Å²) in [5.41, 5.74) is 1.86. The Hall–Kier alpha value is -2.33. The van der Waals surface area contributed by atoms with Crippen molar-refractivity contribution >= 4 is 11.6 Å². The first-order chi connectivity index (χ1) is 10.2. The number of hydrogen-bond acceptors (Lipinski definition) is 3. The molecule has 0 spiro atoms. The summed E-state index contributed by atoms with van der Waals surface area (Å²) in [6, 6.07) is 14.2. The molecule has 0 radical (unpaired) electrons. The lowest BCUT2D eigenvalue weighted by Gasteiger charge is -2.10. The van der Waals surface area contributed by atoms with Gasteiger partial charge in [0.15, 0.2) is 0 Å². The van der Waals surface area contributed by atoms with Crippen LogP contribution in [0.3, 0.4) is 0 Å². The molecule has 2 aromatic rings. The van der Waals surface area contributed by atoms with Gasteiger partial charge in [-0.05, 0) is 36.8 Å². The minimum Gasteiger partial charge on any atom is -0.494 e. The van der Waals surface area contributed by atoms with Gasteiger partial charge in [0.25, 0.3) is 5.91 Å². The van der Waals surface area contributed by atoms with Crippen molar-refractivity contribution < 1.29 is 14.6 Å². The van der Waals surface area contributed by atoms with E-state index >= 15 is 0 Å². The summed E-state index contributed by atoms with van der Waals surface area (Å²) < 4.78 is 5.48. The van der Waals surface area contributed by atoms with E-state index in [1.54, 1.807) is 36.4 Å². The van der Waals surface area contributed by atoms with Gasteiger partial charge in [0.05, 0.1) is 13.2 Å². The van der Waals surface area contributed by atoms with E-state index in [0.29, 0.717) is 23.4 Å². The number of hydrogen-bond donors (Lipinski definition) is 2. The van der Waals surface area contributed by atoms with Crippen molar-refractivity contribution in [2.24, 2.45) is 0 Å². The second-order valence-electron chi connectivity index (χ2n) is 4.64. The Morgan fingerprint density at radius 3 is 2.52 bits per heavy atom. The normalized spacial score (nSPS) is 10.2. The van der Waals surface area contributed by atoms with Crippen molar-refractivity contribution in [1.82, 2.24) is 0 Å². The summed E-state index contributed by atoms with van der Waals surface area (Å²) in [6.45, 7) is 2.59. The maximum Gasteiger partial charge on any atom is 0.255 e. The standard InChI is InChI=1S/C17H19NO3/c1-2-11-21-15-9-7-13(8-10-15)17(20)18-16-6-4-3-5-14(16)12-19/h3-10,19H,2,11-12H2,1H3,(H,18,20). The van der Waals surface area contributed by atoms with Gasteiger partial charge in [0.1, 0.15) is 5.75 Å². The molecule has 21 heavy (non-hydrogen) atoms. The highest BCUT2D eigenvalue weighted by Gasteiger charge is 2.08. The van der Waals surface area contributed by atoms with Crippen LogP contribution in [0.25, 0.3) is 0 Å². The third kappa shape index (κ3) is 4.07. The number of anilines is 1. The molecule has 2 N–H and O–H groups in total. The molecule has 0 aliphatic carbocycles. The van der Waals surface area contributed by atoms with Gasteiger partial charge in [-0.1, -0.05) is 25.1 Å². The Labute approximate surface area is 124 Å². The Bertz CT molecular complexity index is 593. The van der Waals surface area contributed by atoms with Gasteiger partial charge < -0.3 is 15.2 Å². The molecule has 0 unspecified atom stereocenters. The number of carbonyl (C=O) groups is 1. The van der Waals surface area contributed by atoms with Crippen molar-refractivity contribution in [3.8, 4) is 5.75 Å².